The topological polar surface area (TPSA) is 66.0 Å². The van der Waals surface area contributed by atoms with Crippen LogP contribution >= 0.6 is 0 Å². The monoisotopic (exact) mass is 270 g/mol. The summed E-state index contributed by atoms with van der Waals surface area (Å²) in [5, 5.41) is 8.72. The van der Waals surface area contributed by atoms with Crippen LogP contribution in [0.1, 0.15) is 32.3 Å². The first-order valence-corrected chi connectivity index (χ1v) is 7.16. The van der Waals surface area contributed by atoms with Gasteiger partial charge in [0, 0.05) is 24.0 Å². The number of unbranched alkanes of at least 4 members (excludes halogenated alkanes) is 1. The third kappa shape index (κ3) is 2.90. The Morgan fingerprint density at radius 1 is 1.30 bits per heavy atom. The number of nitrogens with two attached hydrogens (primary N) is 1. The third-order valence-corrected chi connectivity index (χ3v) is 3.48. The number of nitrogens with one attached hydrogen (secondary N) is 1. The van der Waals surface area contributed by atoms with E-state index < -0.39 is 0 Å². The van der Waals surface area contributed by atoms with E-state index in [0.717, 1.165) is 48.2 Å². The second-order valence-electron chi connectivity index (χ2n) is 4.89. The average molecular weight is 270 g/mol. The van der Waals surface area contributed by atoms with Gasteiger partial charge < -0.3 is 10.6 Å². The van der Waals surface area contributed by atoms with Crippen LogP contribution in [0.2, 0.25) is 0 Å². The third-order valence-electron chi connectivity index (χ3n) is 3.48. The molecule has 106 valence electrons. The fourth-order valence-electron chi connectivity index (χ4n) is 2.33. The zero-order valence-electron chi connectivity index (χ0n) is 12.2. The predicted molar refractivity (Wildman–Crippen MR) is 85.6 cm³/mol. The standard InChI is InChI=1S/C16H22N4/c1-3-5-10-20(4-2)15-11-13(16(17)18)12-8-6-7-9-14(12)19-15/h6-9,11H,3-5,10H2,1-2H3,(H3,17,18). The number of aromatic nitrogens is 1. The van der Waals surface area contributed by atoms with Crippen LogP contribution in [0.25, 0.3) is 10.9 Å². The molecule has 0 aliphatic heterocycles. The molecule has 0 saturated carbocycles. The highest BCUT2D eigenvalue weighted by molar-refractivity contribution is 6.07. The van der Waals surface area contributed by atoms with E-state index >= 15 is 0 Å². The minimum Gasteiger partial charge on any atom is -0.384 e. The van der Waals surface area contributed by atoms with Crippen LogP contribution < -0.4 is 10.6 Å². The van der Waals surface area contributed by atoms with Gasteiger partial charge in [-0.25, -0.2) is 4.98 Å². The van der Waals surface area contributed by atoms with Crippen molar-refractivity contribution >= 4 is 22.6 Å². The van der Waals surface area contributed by atoms with Gasteiger partial charge in [-0.15, -0.1) is 0 Å². The number of rotatable bonds is 6. The molecule has 4 nitrogen and oxygen atoms in total. The van der Waals surface area contributed by atoms with Crippen LogP contribution in [0.3, 0.4) is 0 Å². The maximum absolute atomic E-state index is 7.78. The molecule has 0 saturated heterocycles. The lowest BCUT2D eigenvalue weighted by Crippen LogP contribution is -2.25. The second-order valence-corrected chi connectivity index (χ2v) is 4.89. The summed E-state index contributed by atoms with van der Waals surface area (Å²) in [6.07, 6.45) is 2.29. The average Bonchev–Trinajstić information content (AvgIpc) is 2.47. The van der Waals surface area contributed by atoms with Crippen molar-refractivity contribution in [3.05, 3.63) is 35.9 Å². The van der Waals surface area contributed by atoms with Gasteiger partial charge in [0.2, 0.25) is 0 Å². The van der Waals surface area contributed by atoms with Crippen LogP contribution in [0.4, 0.5) is 5.82 Å². The van der Waals surface area contributed by atoms with Crippen molar-refractivity contribution < 1.29 is 0 Å². The Bertz CT molecular complexity index is 606. The lowest BCUT2D eigenvalue weighted by molar-refractivity contribution is 0.725. The summed E-state index contributed by atoms with van der Waals surface area (Å²) in [5.74, 6) is 1.00. The smallest absolute Gasteiger partial charge is 0.129 e. The van der Waals surface area contributed by atoms with E-state index in [4.69, 9.17) is 16.1 Å². The number of amidine groups is 1. The molecule has 0 atom stereocenters. The summed E-state index contributed by atoms with van der Waals surface area (Å²) < 4.78 is 0. The van der Waals surface area contributed by atoms with Crippen LogP contribution in [0, 0.1) is 5.41 Å². The molecule has 0 spiro atoms. The van der Waals surface area contributed by atoms with Crippen molar-refractivity contribution in [1.82, 2.24) is 4.98 Å². The van der Waals surface area contributed by atoms with Gasteiger partial charge >= 0.3 is 0 Å². The molecular weight excluding hydrogens is 248 g/mol. The molecule has 0 radical (unpaired) electrons. The Balaban J connectivity index is 2.51. The van der Waals surface area contributed by atoms with E-state index in [1.54, 1.807) is 0 Å². The summed E-state index contributed by atoms with van der Waals surface area (Å²) in [6, 6.07) is 9.78. The Morgan fingerprint density at radius 3 is 2.70 bits per heavy atom. The van der Waals surface area contributed by atoms with Crippen LogP contribution in [-0.4, -0.2) is 23.9 Å². The second kappa shape index (κ2) is 6.37. The summed E-state index contributed by atoms with van der Waals surface area (Å²) in [7, 11) is 0. The molecule has 0 fully saturated rings. The number of hydrogen-bond acceptors (Lipinski definition) is 3. The van der Waals surface area contributed by atoms with E-state index in [9.17, 15) is 0 Å². The summed E-state index contributed by atoms with van der Waals surface area (Å²) in [4.78, 5) is 6.95. The largest absolute Gasteiger partial charge is 0.384 e. The van der Waals surface area contributed by atoms with Crippen molar-refractivity contribution in [1.29, 1.82) is 5.41 Å². The van der Waals surface area contributed by atoms with Crippen molar-refractivity contribution in [2.24, 2.45) is 5.73 Å². The van der Waals surface area contributed by atoms with Gasteiger partial charge in [-0.1, -0.05) is 31.5 Å². The van der Waals surface area contributed by atoms with E-state index in [2.05, 4.69) is 18.7 Å². The Labute approximate surface area is 120 Å². The van der Waals surface area contributed by atoms with Gasteiger partial charge in [0.05, 0.1) is 5.52 Å². The molecule has 20 heavy (non-hydrogen) atoms. The zero-order valence-corrected chi connectivity index (χ0v) is 12.2. The number of anilines is 1. The van der Waals surface area contributed by atoms with Gasteiger partial charge in [-0.3, -0.25) is 5.41 Å². The molecule has 0 aliphatic rings. The highest BCUT2D eigenvalue weighted by atomic mass is 15.2. The SMILES string of the molecule is CCCCN(CC)c1cc(C(=N)N)c2ccccc2n1. The minimum absolute atomic E-state index is 0.0939. The summed E-state index contributed by atoms with van der Waals surface area (Å²) >= 11 is 0. The number of benzene rings is 1. The van der Waals surface area contributed by atoms with E-state index in [1.165, 1.54) is 0 Å². The molecule has 1 aromatic carbocycles. The molecule has 0 bridgehead atoms. The molecule has 0 aliphatic carbocycles. The molecule has 0 unspecified atom stereocenters. The summed E-state index contributed by atoms with van der Waals surface area (Å²) in [5.41, 5.74) is 7.39. The molecular formula is C16H22N4. The van der Waals surface area contributed by atoms with E-state index in [1.807, 2.05) is 30.3 Å². The summed E-state index contributed by atoms with van der Waals surface area (Å²) in [6.45, 7) is 6.20. The molecule has 1 aromatic heterocycles. The molecule has 3 N–H and O–H groups in total. The maximum Gasteiger partial charge on any atom is 0.129 e. The zero-order chi connectivity index (χ0) is 14.5. The quantitative estimate of drug-likeness (QED) is 0.626. The molecule has 0 amide bonds. The number of hydrogen-bond donors (Lipinski definition) is 2. The van der Waals surface area contributed by atoms with Gasteiger partial charge in [0.25, 0.3) is 0 Å². The maximum atomic E-state index is 7.78. The molecule has 1 heterocycles. The van der Waals surface area contributed by atoms with Crippen LogP contribution in [0.15, 0.2) is 30.3 Å². The predicted octanol–water partition coefficient (Wildman–Crippen LogP) is 3.15. The number of nitrogens with zero attached hydrogens (tertiary/aromatic N) is 2. The minimum atomic E-state index is 0.0939. The normalized spacial score (nSPS) is 10.7. The fourth-order valence-corrected chi connectivity index (χ4v) is 2.33. The van der Waals surface area contributed by atoms with Crippen LogP contribution in [0.5, 0.6) is 0 Å². The van der Waals surface area contributed by atoms with Crippen molar-refractivity contribution in [2.45, 2.75) is 26.7 Å². The highest BCUT2D eigenvalue weighted by Gasteiger charge is 2.11. The first-order chi connectivity index (χ1) is 9.67. The lowest BCUT2D eigenvalue weighted by atomic mass is 10.1. The number of pyridine rings is 1. The van der Waals surface area contributed by atoms with Gasteiger partial charge in [0.15, 0.2) is 0 Å². The van der Waals surface area contributed by atoms with Crippen molar-refractivity contribution in [2.75, 3.05) is 18.0 Å². The lowest BCUT2D eigenvalue weighted by Gasteiger charge is -2.23. The molecule has 2 aromatic rings. The van der Waals surface area contributed by atoms with E-state index in [0.29, 0.717) is 0 Å². The van der Waals surface area contributed by atoms with Crippen molar-refractivity contribution in [3.8, 4) is 0 Å². The Hall–Kier alpha value is -2.10. The van der Waals surface area contributed by atoms with Gasteiger partial charge in [-0.2, -0.15) is 0 Å². The Kier molecular flexibility index (Phi) is 4.56. The molecule has 2 rings (SSSR count). The number of para-hydroxylation sites is 1. The first-order valence-electron chi connectivity index (χ1n) is 7.16. The van der Waals surface area contributed by atoms with Gasteiger partial charge in [0.1, 0.15) is 11.7 Å². The number of nitrogen functional groups attached to an aromatic ring is 1. The Morgan fingerprint density at radius 2 is 2.05 bits per heavy atom. The van der Waals surface area contributed by atoms with E-state index in [-0.39, 0.29) is 5.84 Å². The van der Waals surface area contributed by atoms with Gasteiger partial charge in [-0.05, 0) is 25.5 Å². The molecule has 4 heteroatoms. The highest BCUT2D eigenvalue weighted by Crippen LogP contribution is 2.23. The number of fused-ring (bicyclic) bond motifs is 1. The fraction of sp³-hybridized carbons (Fsp3) is 0.375. The van der Waals surface area contributed by atoms with Crippen molar-refractivity contribution in [3.63, 3.8) is 0 Å². The first kappa shape index (κ1) is 14.3. The van der Waals surface area contributed by atoms with Crippen LogP contribution in [-0.2, 0) is 0 Å².